The molecule has 0 bridgehead atoms. The van der Waals surface area contributed by atoms with Gasteiger partial charge in [-0.05, 0) is 50.6 Å². The number of aryl methyl sites for hydroxylation is 3. The lowest BCUT2D eigenvalue weighted by Gasteiger charge is -2.12. The number of nitrogens with zero attached hydrogens (tertiary/aromatic N) is 3. The molecule has 0 saturated heterocycles. The molecule has 0 radical (unpaired) electrons. The van der Waals surface area contributed by atoms with E-state index in [1.165, 1.54) is 24.3 Å². The Balaban J connectivity index is 1.69. The number of halogens is 1. The van der Waals surface area contributed by atoms with Gasteiger partial charge < -0.3 is 5.32 Å². The Morgan fingerprint density at radius 3 is 2.38 bits per heavy atom. The van der Waals surface area contributed by atoms with Crippen molar-refractivity contribution in [2.45, 2.75) is 27.2 Å². The standard InChI is InChI=1S/C23H21FN4O/c1-14-20(13-21(29)26-19-11-9-18(24)10-12-19)16(3)28-23(25-14)22(15(2)27-28)17-7-5-4-6-8-17/h4-12H,13H2,1-3H3,(H,26,29). The predicted octanol–water partition coefficient (Wildman–Crippen LogP) is 4.64. The zero-order valence-electron chi connectivity index (χ0n) is 16.5. The zero-order chi connectivity index (χ0) is 20.5. The van der Waals surface area contributed by atoms with Crippen molar-refractivity contribution in [2.75, 3.05) is 5.32 Å². The van der Waals surface area contributed by atoms with E-state index in [1.807, 2.05) is 55.6 Å². The summed E-state index contributed by atoms with van der Waals surface area (Å²) < 4.78 is 14.9. The van der Waals surface area contributed by atoms with E-state index in [2.05, 4.69) is 10.4 Å². The van der Waals surface area contributed by atoms with Crippen molar-refractivity contribution < 1.29 is 9.18 Å². The van der Waals surface area contributed by atoms with Crippen LogP contribution in [0.25, 0.3) is 16.8 Å². The first-order valence-electron chi connectivity index (χ1n) is 9.40. The van der Waals surface area contributed by atoms with Gasteiger partial charge in [-0.3, -0.25) is 4.79 Å². The summed E-state index contributed by atoms with van der Waals surface area (Å²) in [5, 5.41) is 7.47. The van der Waals surface area contributed by atoms with E-state index in [1.54, 1.807) is 0 Å². The molecule has 6 heteroatoms. The summed E-state index contributed by atoms with van der Waals surface area (Å²) >= 11 is 0. The summed E-state index contributed by atoms with van der Waals surface area (Å²) in [6, 6.07) is 15.8. The Bertz CT molecular complexity index is 1200. The highest BCUT2D eigenvalue weighted by molar-refractivity contribution is 5.92. The molecule has 4 aromatic rings. The van der Waals surface area contributed by atoms with Gasteiger partial charge in [-0.2, -0.15) is 5.10 Å². The fourth-order valence-corrected chi connectivity index (χ4v) is 3.57. The van der Waals surface area contributed by atoms with Crippen LogP contribution >= 0.6 is 0 Å². The highest BCUT2D eigenvalue weighted by Crippen LogP contribution is 2.29. The topological polar surface area (TPSA) is 59.3 Å². The van der Waals surface area contributed by atoms with Crippen LogP contribution in [0.5, 0.6) is 0 Å². The Hall–Kier alpha value is -3.54. The van der Waals surface area contributed by atoms with Crippen molar-refractivity contribution in [3.63, 3.8) is 0 Å². The Morgan fingerprint density at radius 1 is 1.00 bits per heavy atom. The van der Waals surface area contributed by atoms with Gasteiger partial charge in [0.2, 0.25) is 5.91 Å². The van der Waals surface area contributed by atoms with Crippen molar-refractivity contribution in [3.05, 3.63) is 83.1 Å². The third kappa shape index (κ3) is 3.61. The summed E-state index contributed by atoms with van der Waals surface area (Å²) in [6.07, 6.45) is 0.164. The summed E-state index contributed by atoms with van der Waals surface area (Å²) in [7, 11) is 0. The lowest BCUT2D eigenvalue weighted by molar-refractivity contribution is -0.115. The Labute approximate surface area is 168 Å². The van der Waals surface area contributed by atoms with Crippen molar-refractivity contribution >= 4 is 17.2 Å². The maximum Gasteiger partial charge on any atom is 0.228 e. The van der Waals surface area contributed by atoms with Crippen LogP contribution in [0.3, 0.4) is 0 Å². The van der Waals surface area contributed by atoms with Gasteiger partial charge in [0, 0.05) is 28.2 Å². The number of amides is 1. The molecular weight excluding hydrogens is 367 g/mol. The first-order valence-corrected chi connectivity index (χ1v) is 9.40. The number of rotatable bonds is 4. The average molecular weight is 388 g/mol. The lowest BCUT2D eigenvalue weighted by Crippen LogP contribution is -2.17. The molecule has 4 rings (SSSR count). The predicted molar refractivity (Wildman–Crippen MR) is 111 cm³/mol. The second kappa shape index (κ2) is 7.47. The zero-order valence-corrected chi connectivity index (χ0v) is 16.5. The molecule has 0 saturated carbocycles. The minimum absolute atomic E-state index is 0.164. The molecule has 0 fully saturated rings. The molecule has 0 unspecified atom stereocenters. The quantitative estimate of drug-likeness (QED) is 0.554. The van der Waals surface area contributed by atoms with Crippen LogP contribution in [0.15, 0.2) is 54.6 Å². The smallest absolute Gasteiger partial charge is 0.228 e. The number of anilines is 1. The van der Waals surface area contributed by atoms with Gasteiger partial charge in [-0.15, -0.1) is 0 Å². The molecule has 2 heterocycles. The van der Waals surface area contributed by atoms with E-state index in [4.69, 9.17) is 4.98 Å². The molecule has 0 aliphatic rings. The monoisotopic (exact) mass is 388 g/mol. The van der Waals surface area contributed by atoms with E-state index >= 15 is 0 Å². The molecule has 0 aliphatic carbocycles. The number of carbonyl (C=O) groups is 1. The Kier molecular flexibility index (Phi) is 4.84. The molecule has 2 aromatic carbocycles. The number of aromatic nitrogens is 3. The van der Waals surface area contributed by atoms with Crippen LogP contribution in [0.1, 0.15) is 22.6 Å². The fourth-order valence-electron chi connectivity index (χ4n) is 3.57. The molecule has 1 N–H and O–H groups in total. The summed E-state index contributed by atoms with van der Waals surface area (Å²) in [5.41, 5.74) is 6.80. The van der Waals surface area contributed by atoms with Crippen LogP contribution < -0.4 is 5.32 Å². The van der Waals surface area contributed by atoms with E-state index < -0.39 is 0 Å². The van der Waals surface area contributed by atoms with Crippen molar-refractivity contribution in [2.24, 2.45) is 0 Å². The van der Waals surface area contributed by atoms with Gasteiger partial charge in [0.15, 0.2) is 5.65 Å². The molecule has 0 aliphatic heterocycles. The van der Waals surface area contributed by atoms with E-state index in [-0.39, 0.29) is 18.1 Å². The molecule has 5 nitrogen and oxygen atoms in total. The van der Waals surface area contributed by atoms with Crippen LogP contribution in [0.4, 0.5) is 10.1 Å². The van der Waals surface area contributed by atoms with Crippen LogP contribution in [0, 0.1) is 26.6 Å². The van der Waals surface area contributed by atoms with Crippen LogP contribution in [-0.2, 0) is 11.2 Å². The summed E-state index contributed by atoms with van der Waals surface area (Å²) in [4.78, 5) is 17.3. The van der Waals surface area contributed by atoms with Gasteiger partial charge in [-0.1, -0.05) is 30.3 Å². The highest BCUT2D eigenvalue weighted by atomic mass is 19.1. The number of nitrogens with one attached hydrogen (secondary N) is 1. The third-order valence-corrected chi connectivity index (χ3v) is 5.03. The van der Waals surface area contributed by atoms with Gasteiger partial charge in [-0.25, -0.2) is 13.9 Å². The SMILES string of the molecule is Cc1nc2c(-c3ccccc3)c(C)nn2c(C)c1CC(=O)Nc1ccc(F)cc1. The number of benzene rings is 2. The minimum atomic E-state index is -0.340. The maximum absolute atomic E-state index is 13.1. The molecule has 1 amide bonds. The van der Waals surface area contributed by atoms with Gasteiger partial charge in [0.25, 0.3) is 0 Å². The van der Waals surface area contributed by atoms with Crippen molar-refractivity contribution in [3.8, 4) is 11.1 Å². The minimum Gasteiger partial charge on any atom is -0.326 e. The lowest BCUT2D eigenvalue weighted by atomic mass is 10.1. The highest BCUT2D eigenvalue weighted by Gasteiger charge is 2.19. The van der Waals surface area contributed by atoms with Crippen LogP contribution in [-0.4, -0.2) is 20.5 Å². The molecule has 146 valence electrons. The van der Waals surface area contributed by atoms with E-state index in [9.17, 15) is 9.18 Å². The first-order chi connectivity index (χ1) is 13.9. The second-order valence-electron chi connectivity index (χ2n) is 7.05. The van der Waals surface area contributed by atoms with E-state index in [0.717, 1.165) is 39.4 Å². The molecule has 29 heavy (non-hydrogen) atoms. The number of fused-ring (bicyclic) bond motifs is 1. The third-order valence-electron chi connectivity index (χ3n) is 5.03. The number of hydrogen-bond donors (Lipinski definition) is 1. The maximum atomic E-state index is 13.1. The molecule has 0 atom stereocenters. The summed E-state index contributed by atoms with van der Waals surface area (Å²) in [5.74, 6) is -0.524. The fraction of sp³-hybridized carbons (Fsp3) is 0.174. The average Bonchev–Trinajstić information content (AvgIpc) is 3.03. The van der Waals surface area contributed by atoms with Gasteiger partial charge >= 0.3 is 0 Å². The first kappa shape index (κ1) is 18.8. The van der Waals surface area contributed by atoms with E-state index in [0.29, 0.717) is 5.69 Å². The molecule has 2 aromatic heterocycles. The van der Waals surface area contributed by atoms with Gasteiger partial charge in [0.05, 0.1) is 12.1 Å². The Morgan fingerprint density at radius 2 is 1.69 bits per heavy atom. The number of hydrogen-bond acceptors (Lipinski definition) is 3. The van der Waals surface area contributed by atoms with Gasteiger partial charge in [0.1, 0.15) is 5.82 Å². The van der Waals surface area contributed by atoms with Crippen molar-refractivity contribution in [1.29, 1.82) is 0 Å². The normalized spacial score (nSPS) is 11.0. The molecular formula is C23H21FN4O. The molecule has 0 spiro atoms. The second-order valence-corrected chi connectivity index (χ2v) is 7.05. The summed E-state index contributed by atoms with van der Waals surface area (Å²) in [6.45, 7) is 5.82. The largest absolute Gasteiger partial charge is 0.326 e. The number of carbonyl (C=O) groups excluding carboxylic acids is 1. The van der Waals surface area contributed by atoms with Crippen LogP contribution in [0.2, 0.25) is 0 Å². The van der Waals surface area contributed by atoms with Crippen molar-refractivity contribution in [1.82, 2.24) is 14.6 Å².